The number of aryl methyl sites for hydroxylation is 2. The average molecular weight is 374 g/mol. The fraction of sp³-hybridized carbons (Fsp3) is 0.227. The Kier molecular flexibility index (Phi) is 4.93. The quantitative estimate of drug-likeness (QED) is 0.528. The Bertz CT molecular complexity index is 1210. The number of hydrogen-bond acceptors (Lipinski definition) is 3. The molecule has 2 heterocycles. The highest BCUT2D eigenvalue weighted by molar-refractivity contribution is 5.81. The molecule has 0 aliphatic carbocycles. The molecule has 4 aromatic rings. The molecular weight excluding hydrogens is 352 g/mol. The van der Waals surface area contributed by atoms with Crippen LogP contribution in [0.4, 0.5) is 0 Å². The Morgan fingerprint density at radius 3 is 2.82 bits per heavy atom. The van der Waals surface area contributed by atoms with Gasteiger partial charge in [-0.15, -0.1) is 0 Å². The molecule has 0 fully saturated rings. The van der Waals surface area contributed by atoms with Gasteiger partial charge < -0.3 is 9.88 Å². The molecule has 0 aliphatic rings. The summed E-state index contributed by atoms with van der Waals surface area (Å²) in [6.45, 7) is 3.27. The van der Waals surface area contributed by atoms with E-state index in [0.717, 1.165) is 18.5 Å². The SMILES string of the molecule is Cc1cccc2c(=O)n(CC(=O)NCCCn3ccc4ccccc43)cnc12. The largest absolute Gasteiger partial charge is 0.354 e. The number of carbonyl (C=O) groups excluding carboxylic acids is 1. The zero-order chi connectivity index (χ0) is 19.5. The Morgan fingerprint density at radius 1 is 1.07 bits per heavy atom. The van der Waals surface area contributed by atoms with Gasteiger partial charge in [0.15, 0.2) is 0 Å². The maximum absolute atomic E-state index is 12.6. The number of aromatic nitrogens is 3. The van der Waals surface area contributed by atoms with E-state index in [9.17, 15) is 9.59 Å². The monoisotopic (exact) mass is 374 g/mol. The van der Waals surface area contributed by atoms with Crippen LogP contribution in [0.25, 0.3) is 21.8 Å². The normalized spacial score (nSPS) is 11.2. The first-order chi connectivity index (χ1) is 13.6. The summed E-state index contributed by atoms with van der Waals surface area (Å²) in [5.74, 6) is -0.187. The standard InChI is InChI=1S/C22H22N4O2/c1-16-6-4-8-18-21(16)24-15-26(22(18)28)14-20(27)23-11-5-12-25-13-10-17-7-2-3-9-19(17)25/h2-4,6-10,13,15H,5,11-12,14H2,1H3,(H,23,27). The van der Waals surface area contributed by atoms with Crippen molar-refractivity contribution >= 4 is 27.7 Å². The van der Waals surface area contributed by atoms with Crippen molar-refractivity contribution in [2.75, 3.05) is 6.54 Å². The van der Waals surface area contributed by atoms with Crippen molar-refractivity contribution in [1.29, 1.82) is 0 Å². The van der Waals surface area contributed by atoms with E-state index in [1.165, 1.54) is 21.8 Å². The highest BCUT2D eigenvalue weighted by Gasteiger charge is 2.09. The van der Waals surface area contributed by atoms with Crippen molar-refractivity contribution in [2.24, 2.45) is 0 Å². The molecule has 0 saturated carbocycles. The second-order valence-electron chi connectivity index (χ2n) is 6.92. The second kappa shape index (κ2) is 7.68. The summed E-state index contributed by atoms with van der Waals surface area (Å²) in [4.78, 5) is 29.1. The van der Waals surface area contributed by atoms with Gasteiger partial charge in [-0.1, -0.05) is 30.3 Å². The van der Waals surface area contributed by atoms with Crippen LogP contribution in [-0.2, 0) is 17.9 Å². The van der Waals surface area contributed by atoms with Crippen molar-refractivity contribution in [3.63, 3.8) is 0 Å². The first-order valence-electron chi connectivity index (χ1n) is 9.39. The molecule has 2 aromatic carbocycles. The Balaban J connectivity index is 1.34. The maximum Gasteiger partial charge on any atom is 0.261 e. The van der Waals surface area contributed by atoms with Crippen molar-refractivity contribution < 1.29 is 4.79 Å². The van der Waals surface area contributed by atoms with Gasteiger partial charge in [0.25, 0.3) is 5.56 Å². The van der Waals surface area contributed by atoms with Crippen molar-refractivity contribution in [3.05, 3.63) is 77.0 Å². The summed E-state index contributed by atoms with van der Waals surface area (Å²) in [5.41, 5.74) is 2.63. The lowest BCUT2D eigenvalue weighted by Crippen LogP contribution is -2.33. The van der Waals surface area contributed by atoms with Gasteiger partial charge in [-0.05, 0) is 42.5 Å². The summed E-state index contributed by atoms with van der Waals surface area (Å²) in [7, 11) is 0. The smallest absolute Gasteiger partial charge is 0.261 e. The fourth-order valence-corrected chi connectivity index (χ4v) is 3.47. The third-order valence-electron chi connectivity index (χ3n) is 4.95. The summed E-state index contributed by atoms with van der Waals surface area (Å²) in [6, 6.07) is 15.8. The number of carbonyl (C=O) groups is 1. The number of fused-ring (bicyclic) bond motifs is 2. The maximum atomic E-state index is 12.6. The molecule has 0 radical (unpaired) electrons. The lowest BCUT2D eigenvalue weighted by molar-refractivity contribution is -0.121. The van der Waals surface area contributed by atoms with E-state index < -0.39 is 0 Å². The van der Waals surface area contributed by atoms with Gasteiger partial charge in [0, 0.05) is 24.8 Å². The molecule has 6 nitrogen and oxygen atoms in total. The predicted molar refractivity (Wildman–Crippen MR) is 110 cm³/mol. The number of amides is 1. The van der Waals surface area contributed by atoms with Gasteiger partial charge in [0.1, 0.15) is 6.54 Å². The zero-order valence-corrected chi connectivity index (χ0v) is 15.8. The van der Waals surface area contributed by atoms with Crippen LogP contribution in [-0.4, -0.2) is 26.6 Å². The number of rotatable bonds is 6. The van der Waals surface area contributed by atoms with E-state index in [0.29, 0.717) is 17.4 Å². The third-order valence-corrected chi connectivity index (χ3v) is 4.95. The second-order valence-corrected chi connectivity index (χ2v) is 6.92. The summed E-state index contributed by atoms with van der Waals surface area (Å²) >= 11 is 0. The molecule has 0 spiro atoms. The van der Waals surface area contributed by atoms with Crippen LogP contribution in [0, 0.1) is 6.92 Å². The number of benzene rings is 2. The molecule has 6 heteroatoms. The van der Waals surface area contributed by atoms with Crippen LogP contribution in [0.15, 0.2) is 65.8 Å². The summed E-state index contributed by atoms with van der Waals surface area (Å²) in [5, 5.41) is 4.64. The lowest BCUT2D eigenvalue weighted by Gasteiger charge is -2.09. The van der Waals surface area contributed by atoms with E-state index >= 15 is 0 Å². The highest BCUT2D eigenvalue weighted by atomic mass is 16.2. The van der Waals surface area contributed by atoms with Crippen LogP contribution < -0.4 is 10.9 Å². The molecule has 0 saturated heterocycles. The first-order valence-corrected chi connectivity index (χ1v) is 9.39. The summed E-state index contributed by atoms with van der Waals surface area (Å²) in [6.07, 6.45) is 4.33. The van der Waals surface area contributed by atoms with Gasteiger partial charge >= 0.3 is 0 Å². The minimum Gasteiger partial charge on any atom is -0.354 e. The van der Waals surface area contributed by atoms with Crippen LogP contribution in [0.3, 0.4) is 0 Å². The molecule has 0 unspecified atom stereocenters. The van der Waals surface area contributed by atoms with Crippen LogP contribution >= 0.6 is 0 Å². The topological polar surface area (TPSA) is 68.9 Å². The van der Waals surface area contributed by atoms with E-state index in [-0.39, 0.29) is 18.0 Å². The molecular formula is C22H22N4O2. The van der Waals surface area contributed by atoms with Crippen molar-refractivity contribution in [1.82, 2.24) is 19.4 Å². The van der Waals surface area contributed by atoms with E-state index in [1.807, 2.05) is 31.2 Å². The zero-order valence-electron chi connectivity index (χ0n) is 15.8. The predicted octanol–water partition coefficient (Wildman–Crippen LogP) is 2.87. The number of hydrogen-bond donors (Lipinski definition) is 1. The van der Waals surface area contributed by atoms with Gasteiger partial charge in [-0.25, -0.2) is 4.98 Å². The Labute approximate surface area is 162 Å². The van der Waals surface area contributed by atoms with Gasteiger partial charge in [0.2, 0.25) is 5.91 Å². The Hall–Kier alpha value is -3.41. The van der Waals surface area contributed by atoms with Crippen LogP contribution in [0.1, 0.15) is 12.0 Å². The minimum atomic E-state index is -0.192. The first kappa shape index (κ1) is 18.0. The minimum absolute atomic E-state index is 0.0256. The van der Waals surface area contributed by atoms with E-state index in [2.05, 4.69) is 39.3 Å². The van der Waals surface area contributed by atoms with Gasteiger partial charge in [-0.3, -0.25) is 14.2 Å². The van der Waals surface area contributed by atoms with Crippen molar-refractivity contribution in [3.8, 4) is 0 Å². The fourth-order valence-electron chi connectivity index (χ4n) is 3.47. The highest BCUT2D eigenvalue weighted by Crippen LogP contribution is 2.15. The molecule has 1 N–H and O–H groups in total. The lowest BCUT2D eigenvalue weighted by atomic mass is 10.1. The molecule has 0 atom stereocenters. The van der Waals surface area contributed by atoms with Gasteiger partial charge in [-0.2, -0.15) is 0 Å². The van der Waals surface area contributed by atoms with E-state index in [4.69, 9.17) is 0 Å². The summed E-state index contributed by atoms with van der Waals surface area (Å²) < 4.78 is 3.54. The molecule has 4 rings (SSSR count). The van der Waals surface area contributed by atoms with Crippen molar-refractivity contribution in [2.45, 2.75) is 26.4 Å². The van der Waals surface area contributed by atoms with Gasteiger partial charge in [0.05, 0.1) is 17.2 Å². The molecule has 142 valence electrons. The number of nitrogens with zero attached hydrogens (tertiary/aromatic N) is 3. The molecule has 2 aromatic heterocycles. The average Bonchev–Trinajstić information content (AvgIpc) is 3.11. The van der Waals surface area contributed by atoms with Crippen LogP contribution in [0.2, 0.25) is 0 Å². The molecule has 0 aliphatic heterocycles. The van der Waals surface area contributed by atoms with E-state index in [1.54, 1.807) is 6.07 Å². The Morgan fingerprint density at radius 2 is 1.93 bits per heavy atom. The third kappa shape index (κ3) is 3.53. The number of para-hydroxylation sites is 2. The molecule has 1 amide bonds. The number of nitrogens with one attached hydrogen (secondary N) is 1. The van der Waals surface area contributed by atoms with Crippen LogP contribution in [0.5, 0.6) is 0 Å². The molecule has 0 bridgehead atoms. The molecule has 28 heavy (non-hydrogen) atoms.